The van der Waals surface area contributed by atoms with Gasteiger partial charge in [-0.3, -0.25) is 9.59 Å². The summed E-state index contributed by atoms with van der Waals surface area (Å²) in [5.41, 5.74) is 1.23. The average Bonchev–Trinajstić information content (AvgIpc) is 2.54. The second kappa shape index (κ2) is 9.23. The molecule has 0 aliphatic heterocycles. The highest BCUT2D eigenvalue weighted by molar-refractivity contribution is 5.97. The van der Waals surface area contributed by atoms with Gasteiger partial charge in [0.25, 0.3) is 11.8 Å². The van der Waals surface area contributed by atoms with Gasteiger partial charge in [0.2, 0.25) is 0 Å². The summed E-state index contributed by atoms with van der Waals surface area (Å²) in [5.74, 6) is -0.0510. The fraction of sp³-hybridized carbons (Fsp3) is 0.556. The number of nitrogens with zero attached hydrogens (tertiary/aromatic N) is 1. The molecular formula is C18H28N2O2. The molecule has 0 bridgehead atoms. The molecule has 4 nitrogen and oxygen atoms in total. The number of hydrogen-bond acceptors (Lipinski definition) is 2. The quantitative estimate of drug-likeness (QED) is 0.799. The maximum Gasteiger partial charge on any atom is 0.253 e. The van der Waals surface area contributed by atoms with Crippen molar-refractivity contribution in [2.75, 3.05) is 13.1 Å². The third-order valence-corrected chi connectivity index (χ3v) is 3.66. The van der Waals surface area contributed by atoms with Crippen molar-refractivity contribution < 1.29 is 9.59 Å². The molecule has 122 valence electrons. The summed E-state index contributed by atoms with van der Waals surface area (Å²) < 4.78 is 0. The number of carbonyl (C=O) groups is 2. The van der Waals surface area contributed by atoms with Crippen molar-refractivity contribution in [1.29, 1.82) is 0 Å². The number of amides is 2. The topological polar surface area (TPSA) is 49.4 Å². The van der Waals surface area contributed by atoms with Crippen molar-refractivity contribution in [2.45, 2.75) is 53.0 Å². The Morgan fingerprint density at radius 1 is 1.00 bits per heavy atom. The van der Waals surface area contributed by atoms with E-state index >= 15 is 0 Å². The van der Waals surface area contributed by atoms with E-state index in [4.69, 9.17) is 0 Å². The zero-order valence-electron chi connectivity index (χ0n) is 14.2. The van der Waals surface area contributed by atoms with E-state index < -0.39 is 0 Å². The highest BCUT2D eigenvalue weighted by Gasteiger charge is 2.15. The van der Waals surface area contributed by atoms with Crippen LogP contribution in [0.2, 0.25) is 0 Å². The minimum Gasteiger partial charge on any atom is -0.350 e. The molecule has 1 N–H and O–H groups in total. The summed E-state index contributed by atoms with van der Waals surface area (Å²) in [5, 5.41) is 2.92. The van der Waals surface area contributed by atoms with Crippen LogP contribution in [0, 0.1) is 0 Å². The molecule has 4 heteroatoms. The highest BCUT2D eigenvalue weighted by atomic mass is 16.2. The maximum absolute atomic E-state index is 12.5. The fourth-order valence-electron chi connectivity index (χ4n) is 2.21. The van der Waals surface area contributed by atoms with E-state index in [1.165, 1.54) is 0 Å². The predicted molar refractivity (Wildman–Crippen MR) is 90.1 cm³/mol. The summed E-state index contributed by atoms with van der Waals surface area (Å²) in [6.07, 6.45) is 2.79. The number of hydrogen-bond donors (Lipinski definition) is 1. The van der Waals surface area contributed by atoms with Gasteiger partial charge in [0.1, 0.15) is 0 Å². The smallest absolute Gasteiger partial charge is 0.253 e. The molecule has 1 rings (SSSR count). The number of rotatable bonds is 8. The molecule has 0 saturated carbocycles. The number of carbonyl (C=O) groups excluding carboxylic acids is 2. The molecule has 0 radical (unpaired) electrons. The standard InChI is InChI=1S/C18H28N2O2/c1-5-12-20(13-6-2)18(22)16-10-8-15(9-11-16)17(21)19-14(4)7-3/h8-11,14H,5-7,12-13H2,1-4H3,(H,19,21). The molecule has 0 heterocycles. The number of nitrogens with one attached hydrogen (secondary N) is 1. The van der Waals surface area contributed by atoms with Crippen LogP contribution in [0.25, 0.3) is 0 Å². The van der Waals surface area contributed by atoms with Crippen LogP contribution >= 0.6 is 0 Å². The summed E-state index contributed by atoms with van der Waals surface area (Å²) in [4.78, 5) is 26.4. The monoisotopic (exact) mass is 304 g/mol. The van der Waals surface area contributed by atoms with E-state index in [0.717, 1.165) is 32.4 Å². The average molecular weight is 304 g/mol. The van der Waals surface area contributed by atoms with Gasteiger partial charge in [-0.1, -0.05) is 20.8 Å². The molecule has 0 aliphatic carbocycles. The first kappa shape index (κ1) is 18.2. The van der Waals surface area contributed by atoms with E-state index in [-0.39, 0.29) is 17.9 Å². The Bertz CT molecular complexity index is 476. The van der Waals surface area contributed by atoms with Crippen molar-refractivity contribution in [1.82, 2.24) is 10.2 Å². The Kier molecular flexibility index (Phi) is 7.64. The first-order valence-corrected chi connectivity index (χ1v) is 8.23. The van der Waals surface area contributed by atoms with Gasteiger partial charge >= 0.3 is 0 Å². The maximum atomic E-state index is 12.5. The second-order valence-corrected chi connectivity index (χ2v) is 5.65. The van der Waals surface area contributed by atoms with E-state index in [0.29, 0.717) is 11.1 Å². The van der Waals surface area contributed by atoms with Crippen molar-refractivity contribution >= 4 is 11.8 Å². The Balaban J connectivity index is 2.78. The third kappa shape index (κ3) is 5.17. The van der Waals surface area contributed by atoms with E-state index in [9.17, 15) is 9.59 Å². The first-order valence-electron chi connectivity index (χ1n) is 8.23. The van der Waals surface area contributed by atoms with Gasteiger partial charge < -0.3 is 10.2 Å². The van der Waals surface area contributed by atoms with Crippen LogP contribution in [0.4, 0.5) is 0 Å². The van der Waals surface area contributed by atoms with E-state index in [1.54, 1.807) is 24.3 Å². The lowest BCUT2D eigenvalue weighted by Gasteiger charge is -2.21. The Hall–Kier alpha value is -1.84. The molecule has 2 amide bonds. The molecule has 0 saturated heterocycles. The molecule has 22 heavy (non-hydrogen) atoms. The lowest BCUT2D eigenvalue weighted by atomic mass is 10.1. The van der Waals surface area contributed by atoms with Crippen LogP contribution in [0.3, 0.4) is 0 Å². The van der Waals surface area contributed by atoms with Crippen LogP contribution < -0.4 is 5.32 Å². The van der Waals surface area contributed by atoms with Crippen LogP contribution in [0.5, 0.6) is 0 Å². The van der Waals surface area contributed by atoms with Gasteiger partial charge in [0, 0.05) is 30.3 Å². The molecule has 0 spiro atoms. The molecule has 0 aromatic heterocycles. The predicted octanol–water partition coefficient (Wildman–Crippen LogP) is 3.48. The molecule has 1 unspecified atom stereocenters. The fourth-order valence-corrected chi connectivity index (χ4v) is 2.21. The van der Waals surface area contributed by atoms with Gasteiger partial charge in [-0.15, -0.1) is 0 Å². The zero-order chi connectivity index (χ0) is 16.5. The molecule has 0 fully saturated rings. The van der Waals surface area contributed by atoms with Gasteiger partial charge in [0.15, 0.2) is 0 Å². The first-order chi connectivity index (χ1) is 10.5. The summed E-state index contributed by atoms with van der Waals surface area (Å²) >= 11 is 0. The Morgan fingerprint density at radius 3 is 1.95 bits per heavy atom. The van der Waals surface area contributed by atoms with Crippen LogP contribution in [-0.2, 0) is 0 Å². The summed E-state index contributed by atoms with van der Waals surface area (Å²) in [6.45, 7) is 9.67. The normalized spacial score (nSPS) is 11.8. The van der Waals surface area contributed by atoms with Gasteiger partial charge in [-0.05, 0) is 50.5 Å². The lowest BCUT2D eigenvalue weighted by molar-refractivity contribution is 0.0755. The second-order valence-electron chi connectivity index (χ2n) is 5.65. The highest BCUT2D eigenvalue weighted by Crippen LogP contribution is 2.09. The minimum atomic E-state index is -0.0904. The molecule has 1 aromatic carbocycles. The van der Waals surface area contributed by atoms with E-state index in [1.807, 2.05) is 18.7 Å². The molecular weight excluding hydrogens is 276 g/mol. The third-order valence-electron chi connectivity index (χ3n) is 3.66. The largest absolute Gasteiger partial charge is 0.350 e. The molecule has 0 aliphatic rings. The van der Waals surface area contributed by atoms with Crippen molar-refractivity contribution in [3.63, 3.8) is 0 Å². The van der Waals surface area contributed by atoms with Crippen LogP contribution in [-0.4, -0.2) is 35.8 Å². The number of benzene rings is 1. The SMILES string of the molecule is CCCN(CCC)C(=O)c1ccc(C(=O)NC(C)CC)cc1. The zero-order valence-corrected chi connectivity index (χ0v) is 14.2. The van der Waals surface area contributed by atoms with Crippen LogP contribution in [0.15, 0.2) is 24.3 Å². The van der Waals surface area contributed by atoms with Crippen molar-refractivity contribution in [3.05, 3.63) is 35.4 Å². The molecule has 1 atom stereocenters. The molecule has 1 aromatic rings. The minimum absolute atomic E-state index is 0.0394. The van der Waals surface area contributed by atoms with Gasteiger partial charge in [-0.2, -0.15) is 0 Å². The Morgan fingerprint density at radius 2 is 1.50 bits per heavy atom. The van der Waals surface area contributed by atoms with Crippen molar-refractivity contribution in [3.8, 4) is 0 Å². The van der Waals surface area contributed by atoms with Crippen molar-refractivity contribution in [2.24, 2.45) is 0 Å². The van der Waals surface area contributed by atoms with Gasteiger partial charge in [-0.25, -0.2) is 0 Å². The van der Waals surface area contributed by atoms with E-state index in [2.05, 4.69) is 19.2 Å². The summed E-state index contributed by atoms with van der Waals surface area (Å²) in [7, 11) is 0. The van der Waals surface area contributed by atoms with Crippen LogP contribution in [0.1, 0.15) is 67.7 Å². The summed E-state index contributed by atoms with van der Waals surface area (Å²) in [6, 6.07) is 7.08. The van der Waals surface area contributed by atoms with Gasteiger partial charge in [0.05, 0.1) is 0 Å². The lowest BCUT2D eigenvalue weighted by Crippen LogP contribution is -2.33. The Labute approximate surface area is 133 Å².